The number of hydrogen-bond acceptors (Lipinski definition) is 4. The van der Waals surface area contributed by atoms with E-state index in [0.717, 1.165) is 0 Å². The van der Waals surface area contributed by atoms with Crippen LogP contribution in [0.3, 0.4) is 0 Å². The SMILES string of the molecule is NC(N)=NCCC(=O)O.NC(N)=NCCC(=O)O. The van der Waals surface area contributed by atoms with Gasteiger partial charge in [0.25, 0.3) is 0 Å². The molecule has 0 saturated carbocycles. The van der Waals surface area contributed by atoms with Crippen LogP contribution in [-0.4, -0.2) is 47.2 Å². The summed E-state index contributed by atoms with van der Waals surface area (Å²) in [5.74, 6) is -1.95. The third-order valence-corrected chi connectivity index (χ3v) is 1.24. The molecule has 10 nitrogen and oxygen atoms in total. The molecule has 0 amide bonds. The predicted molar refractivity (Wildman–Crippen MR) is 65.9 cm³/mol. The molecule has 18 heavy (non-hydrogen) atoms. The zero-order chi connectivity index (χ0) is 14.6. The van der Waals surface area contributed by atoms with Crippen molar-refractivity contribution in [2.45, 2.75) is 12.8 Å². The van der Waals surface area contributed by atoms with E-state index >= 15 is 0 Å². The number of nitrogens with two attached hydrogens (primary N) is 4. The smallest absolute Gasteiger partial charge is 0.305 e. The lowest BCUT2D eigenvalue weighted by atomic mass is 10.4. The summed E-state index contributed by atoms with van der Waals surface area (Å²) in [5, 5.41) is 16.2. The van der Waals surface area contributed by atoms with E-state index in [2.05, 4.69) is 9.98 Å². The fourth-order valence-electron chi connectivity index (χ4n) is 0.561. The van der Waals surface area contributed by atoms with E-state index in [0.29, 0.717) is 0 Å². The normalized spacial score (nSPS) is 8.44. The van der Waals surface area contributed by atoms with Crippen LogP contribution >= 0.6 is 0 Å². The third-order valence-electron chi connectivity index (χ3n) is 1.24. The number of aliphatic imine (C=N–C) groups is 2. The molecule has 0 bridgehead atoms. The number of rotatable bonds is 6. The van der Waals surface area contributed by atoms with Gasteiger partial charge >= 0.3 is 11.9 Å². The Labute approximate surface area is 103 Å². The fourth-order valence-corrected chi connectivity index (χ4v) is 0.561. The van der Waals surface area contributed by atoms with Gasteiger partial charge in [0.1, 0.15) is 0 Å². The number of nitrogens with zero attached hydrogens (tertiary/aromatic N) is 2. The molecule has 0 aliphatic carbocycles. The standard InChI is InChI=1S/2C4H9N3O2/c2*5-4(6)7-2-1-3(8)9/h2*1-2H2,(H,8,9)(H4,5,6,7). The molecule has 0 atom stereocenters. The second-order valence-corrected chi connectivity index (χ2v) is 2.90. The van der Waals surface area contributed by atoms with Crippen molar-refractivity contribution in [2.24, 2.45) is 32.9 Å². The van der Waals surface area contributed by atoms with E-state index in [1.165, 1.54) is 0 Å². The van der Waals surface area contributed by atoms with Gasteiger partial charge in [-0.1, -0.05) is 0 Å². The summed E-state index contributed by atoms with van der Waals surface area (Å²) in [6, 6.07) is 0. The topological polar surface area (TPSA) is 203 Å². The average molecular weight is 262 g/mol. The lowest BCUT2D eigenvalue weighted by Gasteiger charge is -1.89. The van der Waals surface area contributed by atoms with Gasteiger partial charge in [-0.15, -0.1) is 0 Å². The summed E-state index contributed by atoms with van der Waals surface area (Å²) in [5.41, 5.74) is 19.7. The van der Waals surface area contributed by atoms with Gasteiger partial charge in [-0.25, -0.2) is 0 Å². The molecule has 0 unspecified atom stereocenters. The molecule has 0 aliphatic heterocycles. The second kappa shape index (κ2) is 11.0. The van der Waals surface area contributed by atoms with Crippen molar-refractivity contribution in [1.29, 1.82) is 0 Å². The Bertz CT molecular complexity index is 288. The molecule has 0 spiro atoms. The maximum atomic E-state index is 9.83. The predicted octanol–water partition coefficient (Wildman–Crippen LogP) is -2.53. The number of guanidine groups is 2. The van der Waals surface area contributed by atoms with Crippen LogP contribution in [0.15, 0.2) is 9.98 Å². The van der Waals surface area contributed by atoms with Gasteiger partial charge in [-0.05, 0) is 0 Å². The van der Waals surface area contributed by atoms with Gasteiger partial charge in [0.05, 0.1) is 25.9 Å². The molecule has 10 heteroatoms. The number of carboxylic acids is 2. The molecule has 104 valence electrons. The van der Waals surface area contributed by atoms with Gasteiger partial charge in [-0.2, -0.15) is 0 Å². The first-order chi connectivity index (χ1) is 8.25. The summed E-state index contributed by atoms with van der Waals surface area (Å²) in [6.45, 7) is 0.301. The van der Waals surface area contributed by atoms with Crippen LogP contribution in [0.5, 0.6) is 0 Å². The maximum absolute atomic E-state index is 9.83. The molecule has 0 aliphatic rings. The van der Waals surface area contributed by atoms with Crippen molar-refractivity contribution >= 4 is 23.9 Å². The van der Waals surface area contributed by atoms with Crippen molar-refractivity contribution in [3.8, 4) is 0 Å². The zero-order valence-corrected chi connectivity index (χ0v) is 9.74. The van der Waals surface area contributed by atoms with E-state index in [4.69, 9.17) is 33.1 Å². The summed E-state index contributed by atoms with van der Waals surface area (Å²) >= 11 is 0. The highest BCUT2D eigenvalue weighted by Crippen LogP contribution is 1.78. The lowest BCUT2D eigenvalue weighted by molar-refractivity contribution is -0.137. The third kappa shape index (κ3) is 23.4. The highest BCUT2D eigenvalue weighted by Gasteiger charge is 1.93. The number of hydrogen-bond donors (Lipinski definition) is 6. The minimum atomic E-state index is -0.903. The minimum absolute atomic E-state index is 0.0299. The Hall–Kier alpha value is -2.52. The Morgan fingerprint density at radius 3 is 1.22 bits per heavy atom. The van der Waals surface area contributed by atoms with E-state index < -0.39 is 11.9 Å². The second-order valence-electron chi connectivity index (χ2n) is 2.90. The van der Waals surface area contributed by atoms with Gasteiger partial charge in [0.15, 0.2) is 11.9 Å². The zero-order valence-electron chi connectivity index (χ0n) is 9.74. The van der Waals surface area contributed by atoms with Crippen LogP contribution in [-0.2, 0) is 9.59 Å². The van der Waals surface area contributed by atoms with E-state index in [1.54, 1.807) is 0 Å². The van der Waals surface area contributed by atoms with E-state index in [9.17, 15) is 9.59 Å². The molecule has 0 aromatic carbocycles. The minimum Gasteiger partial charge on any atom is -0.481 e. The quantitative estimate of drug-likeness (QED) is 0.222. The first-order valence-corrected chi connectivity index (χ1v) is 4.80. The Kier molecular flexibility index (Phi) is 10.9. The molecule has 0 aromatic heterocycles. The monoisotopic (exact) mass is 262 g/mol. The number of carbonyl (C=O) groups is 2. The molecule has 0 heterocycles. The summed E-state index contributed by atoms with van der Waals surface area (Å²) in [6.07, 6.45) is -0.0597. The van der Waals surface area contributed by atoms with Crippen molar-refractivity contribution in [3.05, 3.63) is 0 Å². The van der Waals surface area contributed by atoms with Crippen molar-refractivity contribution in [3.63, 3.8) is 0 Å². The van der Waals surface area contributed by atoms with E-state index in [-0.39, 0.29) is 37.9 Å². The Balaban J connectivity index is 0. The van der Waals surface area contributed by atoms with E-state index in [1.807, 2.05) is 0 Å². The molecular weight excluding hydrogens is 244 g/mol. The van der Waals surface area contributed by atoms with Crippen LogP contribution < -0.4 is 22.9 Å². The van der Waals surface area contributed by atoms with Gasteiger partial charge in [-0.3, -0.25) is 19.6 Å². The van der Waals surface area contributed by atoms with Crippen molar-refractivity contribution < 1.29 is 19.8 Å². The molecule has 0 rings (SSSR count). The molecule has 0 fully saturated rings. The first kappa shape index (κ1) is 17.9. The Morgan fingerprint density at radius 1 is 0.778 bits per heavy atom. The molecule has 10 N–H and O–H groups in total. The maximum Gasteiger partial charge on any atom is 0.305 e. The highest BCUT2D eigenvalue weighted by molar-refractivity contribution is 5.76. The summed E-state index contributed by atoms with van der Waals surface area (Å²) in [4.78, 5) is 26.6. The van der Waals surface area contributed by atoms with Crippen molar-refractivity contribution in [1.82, 2.24) is 0 Å². The van der Waals surface area contributed by atoms with Crippen molar-refractivity contribution in [2.75, 3.05) is 13.1 Å². The van der Waals surface area contributed by atoms with Crippen LogP contribution in [0.4, 0.5) is 0 Å². The number of carboxylic acid groups (broad SMARTS) is 2. The highest BCUT2D eigenvalue weighted by atomic mass is 16.4. The van der Waals surface area contributed by atoms with Crippen LogP contribution in [0.2, 0.25) is 0 Å². The molecule has 0 saturated heterocycles. The van der Waals surface area contributed by atoms with Gasteiger partial charge in [0.2, 0.25) is 0 Å². The summed E-state index contributed by atoms with van der Waals surface area (Å²) in [7, 11) is 0. The van der Waals surface area contributed by atoms with Crippen LogP contribution in [0, 0.1) is 0 Å². The first-order valence-electron chi connectivity index (χ1n) is 4.80. The fraction of sp³-hybridized carbons (Fsp3) is 0.500. The van der Waals surface area contributed by atoms with Crippen LogP contribution in [0.25, 0.3) is 0 Å². The largest absolute Gasteiger partial charge is 0.481 e. The Morgan fingerprint density at radius 2 is 1.06 bits per heavy atom. The van der Waals surface area contributed by atoms with Gasteiger partial charge < -0.3 is 33.1 Å². The summed E-state index contributed by atoms with van der Waals surface area (Å²) < 4.78 is 0. The van der Waals surface area contributed by atoms with Gasteiger partial charge in [0, 0.05) is 0 Å². The molecule has 0 aromatic rings. The van der Waals surface area contributed by atoms with Crippen LogP contribution in [0.1, 0.15) is 12.8 Å². The average Bonchev–Trinajstić information content (AvgIpc) is 2.15. The number of aliphatic carboxylic acids is 2. The molecular formula is C8H18N6O4. The lowest BCUT2D eigenvalue weighted by Crippen LogP contribution is -2.23. The molecule has 0 radical (unpaired) electrons.